The fourth-order valence-electron chi connectivity index (χ4n) is 3.60. The van der Waals surface area contributed by atoms with Crippen molar-refractivity contribution in [3.05, 3.63) is 78.1 Å². The second-order valence-corrected chi connectivity index (χ2v) is 8.07. The number of H-pyrrole nitrogens is 1. The summed E-state index contributed by atoms with van der Waals surface area (Å²) in [6, 6.07) is 15.7. The zero-order valence-electron chi connectivity index (χ0n) is 19.5. The van der Waals surface area contributed by atoms with Gasteiger partial charge in [0, 0.05) is 45.7 Å². The molecule has 3 aromatic rings. The maximum Gasteiger partial charge on any atom is 0.231 e. The molecule has 1 aromatic heterocycles. The van der Waals surface area contributed by atoms with Crippen molar-refractivity contribution in [1.29, 1.82) is 0 Å². The lowest BCUT2D eigenvalue weighted by atomic mass is 9.95. The first-order valence-corrected chi connectivity index (χ1v) is 10.8. The van der Waals surface area contributed by atoms with Crippen LogP contribution in [0, 0.1) is 0 Å². The number of carbonyl (C=O) groups excluding carboxylic acids is 2. The first-order valence-electron chi connectivity index (χ1n) is 10.8. The number of benzene rings is 2. The van der Waals surface area contributed by atoms with E-state index in [-0.39, 0.29) is 18.4 Å². The second-order valence-electron chi connectivity index (χ2n) is 8.07. The molecule has 33 heavy (non-hydrogen) atoms. The number of anilines is 2. The van der Waals surface area contributed by atoms with Crippen molar-refractivity contribution in [3.63, 3.8) is 0 Å². The normalized spacial score (nSPS) is 12.2. The van der Waals surface area contributed by atoms with Gasteiger partial charge in [0.1, 0.15) is 0 Å². The summed E-state index contributed by atoms with van der Waals surface area (Å²) in [6.07, 6.45) is 5.81. The Kier molecular flexibility index (Phi) is 7.56. The van der Waals surface area contributed by atoms with Crippen LogP contribution < -0.4 is 16.4 Å². The summed E-state index contributed by atoms with van der Waals surface area (Å²) in [5.41, 5.74) is 12.5. The van der Waals surface area contributed by atoms with Gasteiger partial charge in [-0.25, -0.2) is 0 Å². The Labute approximate surface area is 194 Å². The van der Waals surface area contributed by atoms with Crippen LogP contribution in [-0.2, 0) is 9.59 Å². The largest absolute Gasteiger partial charge is 0.397 e. The van der Waals surface area contributed by atoms with E-state index in [1.54, 1.807) is 19.0 Å². The van der Waals surface area contributed by atoms with Gasteiger partial charge < -0.3 is 26.3 Å². The van der Waals surface area contributed by atoms with Crippen LogP contribution in [0.4, 0.5) is 11.4 Å². The number of hydrogen-bond acceptors (Lipinski definition) is 4. The zero-order valence-corrected chi connectivity index (χ0v) is 19.5. The molecule has 0 saturated heterocycles. The highest BCUT2D eigenvalue weighted by Gasteiger charge is 2.22. The van der Waals surface area contributed by atoms with Crippen molar-refractivity contribution in [2.45, 2.75) is 19.8 Å². The number of carbonyl (C=O) groups is 2. The number of likely N-dealkylation sites (N-methyl/N-ethyl adjacent to an activating group) is 1. The van der Waals surface area contributed by atoms with E-state index in [1.807, 2.05) is 73.9 Å². The standard InChI is InChI=1S/C26H31N5O2/c1-5-24(30-25-14-20(10-11-23(25)27)21-12-13-28-15-21)19-8-6-18(7-9-19)22(16-29-17(2)32)26(33)31(3)4/h5-15,22,28,30H,16,27H2,1-4H3,(H,29,32)/b24-5+. The van der Waals surface area contributed by atoms with Crippen LogP contribution in [-0.4, -0.2) is 42.3 Å². The summed E-state index contributed by atoms with van der Waals surface area (Å²) < 4.78 is 0. The number of nitrogens with one attached hydrogen (secondary N) is 3. The Hall–Kier alpha value is -4.00. The predicted molar refractivity (Wildman–Crippen MR) is 134 cm³/mol. The molecule has 7 nitrogen and oxygen atoms in total. The molecule has 0 spiro atoms. The molecule has 7 heteroatoms. The van der Waals surface area contributed by atoms with Crippen molar-refractivity contribution < 1.29 is 9.59 Å². The van der Waals surface area contributed by atoms with E-state index in [0.29, 0.717) is 5.69 Å². The lowest BCUT2D eigenvalue weighted by Gasteiger charge is -2.22. The topological polar surface area (TPSA) is 103 Å². The molecular weight excluding hydrogens is 414 g/mol. The van der Waals surface area contributed by atoms with Gasteiger partial charge in [0.25, 0.3) is 0 Å². The molecule has 2 aromatic carbocycles. The van der Waals surface area contributed by atoms with Crippen LogP contribution in [0.2, 0.25) is 0 Å². The number of hydrogen-bond donors (Lipinski definition) is 4. The molecule has 0 aliphatic rings. The Morgan fingerprint density at radius 2 is 1.82 bits per heavy atom. The minimum Gasteiger partial charge on any atom is -0.397 e. The van der Waals surface area contributed by atoms with Crippen molar-refractivity contribution in [2.75, 3.05) is 31.7 Å². The van der Waals surface area contributed by atoms with E-state index in [2.05, 4.69) is 15.6 Å². The minimum absolute atomic E-state index is 0.0600. The number of nitrogens with zero attached hydrogens (tertiary/aromatic N) is 1. The molecule has 0 radical (unpaired) electrons. The van der Waals surface area contributed by atoms with Crippen LogP contribution in [0.15, 0.2) is 67.0 Å². The first-order chi connectivity index (χ1) is 15.8. The van der Waals surface area contributed by atoms with Gasteiger partial charge in [-0.3, -0.25) is 9.59 Å². The lowest BCUT2D eigenvalue weighted by molar-refractivity contribution is -0.130. The average molecular weight is 446 g/mol. The fraction of sp³-hybridized carbons (Fsp3) is 0.231. The van der Waals surface area contributed by atoms with Crippen LogP contribution >= 0.6 is 0 Å². The summed E-state index contributed by atoms with van der Waals surface area (Å²) in [5.74, 6) is -0.674. The second kappa shape index (κ2) is 10.5. The van der Waals surface area contributed by atoms with Gasteiger partial charge in [-0.15, -0.1) is 0 Å². The summed E-state index contributed by atoms with van der Waals surface area (Å²) in [5, 5.41) is 6.20. The number of aromatic nitrogens is 1. The summed E-state index contributed by atoms with van der Waals surface area (Å²) in [6.45, 7) is 3.65. The average Bonchev–Trinajstić information content (AvgIpc) is 3.34. The number of amides is 2. The van der Waals surface area contributed by atoms with Gasteiger partial charge in [-0.1, -0.05) is 36.4 Å². The molecule has 0 aliphatic carbocycles. The Morgan fingerprint density at radius 1 is 1.09 bits per heavy atom. The molecule has 1 unspecified atom stereocenters. The Morgan fingerprint density at radius 3 is 2.39 bits per heavy atom. The van der Waals surface area contributed by atoms with Gasteiger partial charge in [0.2, 0.25) is 11.8 Å². The number of nitrogens with two attached hydrogens (primary N) is 1. The maximum atomic E-state index is 12.7. The van der Waals surface area contributed by atoms with E-state index in [4.69, 9.17) is 5.73 Å². The fourth-order valence-corrected chi connectivity index (χ4v) is 3.60. The third kappa shape index (κ3) is 5.83. The summed E-state index contributed by atoms with van der Waals surface area (Å²) in [4.78, 5) is 28.7. The maximum absolute atomic E-state index is 12.7. The molecule has 5 N–H and O–H groups in total. The van der Waals surface area contributed by atoms with Crippen LogP contribution in [0.3, 0.4) is 0 Å². The molecule has 1 atom stereocenters. The summed E-state index contributed by atoms with van der Waals surface area (Å²) in [7, 11) is 3.43. The molecule has 2 amide bonds. The molecule has 0 aliphatic heterocycles. The van der Waals surface area contributed by atoms with E-state index < -0.39 is 5.92 Å². The number of rotatable bonds is 8. The molecule has 172 valence electrons. The van der Waals surface area contributed by atoms with Gasteiger partial charge in [-0.05, 0) is 47.4 Å². The van der Waals surface area contributed by atoms with E-state index in [0.717, 1.165) is 33.6 Å². The first kappa shape index (κ1) is 23.7. The Bertz CT molecular complexity index is 1130. The van der Waals surface area contributed by atoms with Crippen molar-refractivity contribution in [3.8, 4) is 11.1 Å². The molecule has 0 bridgehead atoms. The van der Waals surface area contributed by atoms with Crippen molar-refractivity contribution >= 4 is 28.9 Å². The van der Waals surface area contributed by atoms with E-state index >= 15 is 0 Å². The van der Waals surface area contributed by atoms with Gasteiger partial charge in [0.05, 0.1) is 17.3 Å². The molecule has 0 saturated carbocycles. The van der Waals surface area contributed by atoms with Gasteiger partial charge >= 0.3 is 0 Å². The van der Waals surface area contributed by atoms with Crippen LogP contribution in [0.5, 0.6) is 0 Å². The summed E-state index contributed by atoms with van der Waals surface area (Å²) >= 11 is 0. The van der Waals surface area contributed by atoms with Gasteiger partial charge in [0.15, 0.2) is 0 Å². The SMILES string of the molecule is C/C=C(/Nc1cc(-c2cc[nH]c2)ccc1N)c1ccc(C(CNC(C)=O)C(=O)N(C)C)cc1. The number of aromatic amines is 1. The predicted octanol–water partition coefficient (Wildman–Crippen LogP) is 4.04. The van der Waals surface area contributed by atoms with Crippen molar-refractivity contribution in [1.82, 2.24) is 15.2 Å². The molecular formula is C26H31N5O2. The monoisotopic (exact) mass is 445 g/mol. The third-order valence-corrected chi connectivity index (χ3v) is 5.46. The van der Waals surface area contributed by atoms with Crippen LogP contribution in [0.1, 0.15) is 30.9 Å². The van der Waals surface area contributed by atoms with Gasteiger partial charge in [-0.2, -0.15) is 0 Å². The highest BCUT2D eigenvalue weighted by molar-refractivity contribution is 5.86. The van der Waals surface area contributed by atoms with E-state index in [1.165, 1.54) is 6.92 Å². The number of nitrogen functional groups attached to an aromatic ring is 1. The highest BCUT2D eigenvalue weighted by Crippen LogP contribution is 2.30. The van der Waals surface area contributed by atoms with E-state index in [9.17, 15) is 9.59 Å². The lowest BCUT2D eigenvalue weighted by Crippen LogP contribution is -2.36. The van der Waals surface area contributed by atoms with Crippen molar-refractivity contribution in [2.24, 2.45) is 0 Å². The third-order valence-electron chi connectivity index (χ3n) is 5.46. The minimum atomic E-state index is -0.450. The number of allylic oxidation sites excluding steroid dienone is 1. The zero-order chi connectivity index (χ0) is 24.0. The molecule has 0 fully saturated rings. The smallest absolute Gasteiger partial charge is 0.231 e. The van der Waals surface area contributed by atoms with Crippen LogP contribution in [0.25, 0.3) is 16.8 Å². The molecule has 3 rings (SSSR count). The quantitative estimate of drug-likeness (QED) is 0.393. The highest BCUT2D eigenvalue weighted by atomic mass is 16.2. The Balaban J connectivity index is 1.83. The molecule has 1 heterocycles.